The maximum Gasteiger partial charge on any atom is 0.138 e. The Morgan fingerprint density at radius 1 is 0.611 bits per heavy atom. The molecule has 0 bridgehead atoms. The molecule has 2 aromatic heterocycles. The van der Waals surface area contributed by atoms with Crippen LogP contribution in [0.4, 0.5) is 11.4 Å². The Morgan fingerprint density at radius 2 is 1.00 bits per heavy atom. The molecule has 3 rings (SSSR count). The van der Waals surface area contributed by atoms with Crippen molar-refractivity contribution in [2.24, 2.45) is 10.2 Å². The summed E-state index contributed by atoms with van der Waals surface area (Å²) >= 11 is 0. The second-order valence-electron chi connectivity index (χ2n) is 3.56. The maximum atomic E-state index is 4.29. The van der Waals surface area contributed by atoms with E-state index in [9.17, 15) is 0 Å². The Balaban J connectivity index is 1.79. The van der Waals surface area contributed by atoms with E-state index in [1.807, 2.05) is 24.3 Å². The highest BCUT2D eigenvalue weighted by Crippen LogP contribution is 2.16. The lowest BCUT2D eigenvalue weighted by Gasteiger charge is -2.21. The van der Waals surface area contributed by atoms with Crippen molar-refractivity contribution in [2.75, 3.05) is 10.0 Å². The minimum atomic E-state index is 0.916. The molecule has 0 unspecified atom stereocenters. The number of rotatable bonds is 2. The molecular weight excluding hydrogens is 228 g/mol. The average molecular weight is 238 g/mol. The summed E-state index contributed by atoms with van der Waals surface area (Å²) < 4.78 is 0. The summed E-state index contributed by atoms with van der Waals surface area (Å²) in [6.07, 6.45) is 10.2. The van der Waals surface area contributed by atoms with E-state index in [1.54, 1.807) is 47.5 Å². The average Bonchev–Trinajstić information content (AvgIpc) is 2.49. The van der Waals surface area contributed by atoms with Gasteiger partial charge in [0.25, 0.3) is 0 Å². The van der Waals surface area contributed by atoms with Gasteiger partial charge in [-0.1, -0.05) is 0 Å². The fraction of sp³-hybridized carbons (Fsp3) is 0. The van der Waals surface area contributed by atoms with Gasteiger partial charge in [-0.3, -0.25) is 9.97 Å². The third kappa shape index (κ3) is 2.03. The highest BCUT2D eigenvalue weighted by atomic mass is 15.6. The van der Waals surface area contributed by atoms with Crippen LogP contribution in [0.15, 0.2) is 59.3 Å². The smallest absolute Gasteiger partial charge is 0.138 e. The summed E-state index contributed by atoms with van der Waals surface area (Å²) in [7, 11) is 0. The fourth-order valence-corrected chi connectivity index (χ4v) is 1.53. The Hall–Kier alpha value is -2.76. The Kier molecular flexibility index (Phi) is 2.67. The van der Waals surface area contributed by atoms with E-state index >= 15 is 0 Å². The van der Waals surface area contributed by atoms with Crippen LogP contribution in [0.1, 0.15) is 0 Å². The van der Waals surface area contributed by atoms with Gasteiger partial charge >= 0.3 is 0 Å². The number of hydrazone groups is 2. The highest BCUT2D eigenvalue weighted by molar-refractivity contribution is 5.90. The van der Waals surface area contributed by atoms with Crippen LogP contribution in [0.25, 0.3) is 0 Å². The number of hydrogen-bond donors (Lipinski definition) is 0. The summed E-state index contributed by atoms with van der Waals surface area (Å²) in [4.78, 5) is 7.92. The van der Waals surface area contributed by atoms with Crippen LogP contribution in [-0.4, -0.2) is 22.6 Å². The topological polar surface area (TPSA) is 57.0 Å². The van der Waals surface area contributed by atoms with Crippen LogP contribution < -0.4 is 10.0 Å². The number of anilines is 2. The number of nitrogens with zero attached hydrogens (tertiary/aromatic N) is 6. The van der Waals surface area contributed by atoms with Gasteiger partial charge in [0.1, 0.15) is 12.7 Å². The molecule has 2 aromatic rings. The third-order valence-corrected chi connectivity index (χ3v) is 2.43. The van der Waals surface area contributed by atoms with Gasteiger partial charge in [0.2, 0.25) is 0 Å². The molecule has 0 atom stereocenters. The van der Waals surface area contributed by atoms with Crippen LogP contribution in [0.3, 0.4) is 0 Å². The minimum Gasteiger partial charge on any atom is -0.265 e. The van der Waals surface area contributed by atoms with E-state index in [1.165, 1.54) is 0 Å². The van der Waals surface area contributed by atoms with Crippen molar-refractivity contribution in [2.45, 2.75) is 0 Å². The molecule has 0 aromatic carbocycles. The lowest BCUT2D eigenvalue weighted by molar-refractivity contribution is 1.03. The van der Waals surface area contributed by atoms with E-state index in [0.29, 0.717) is 0 Å². The van der Waals surface area contributed by atoms with Gasteiger partial charge in [-0.05, 0) is 24.3 Å². The minimum absolute atomic E-state index is 0.916. The Labute approximate surface area is 104 Å². The zero-order valence-corrected chi connectivity index (χ0v) is 9.46. The van der Waals surface area contributed by atoms with E-state index in [2.05, 4.69) is 20.2 Å². The van der Waals surface area contributed by atoms with Gasteiger partial charge < -0.3 is 0 Å². The van der Waals surface area contributed by atoms with Crippen LogP contribution in [0.2, 0.25) is 0 Å². The normalized spacial score (nSPS) is 14.0. The SMILES string of the molecule is C1=NN(c2ccncc2)C=NN1c1ccncc1. The molecule has 3 heterocycles. The van der Waals surface area contributed by atoms with Crippen molar-refractivity contribution in [3.05, 3.63) is 49.1 Å². The van der Waals surface area contributed by atoms with Crippen molar-refractivity contribution in [1.82, 2.24) is 9.97 Å². The van der Waals surface area contributed by atoms with Crippen molar-refractivity contribution in [3.8, 4) is 0 Å². The lowest BCUT2D eigenvalue weighted by Crippen LogP contribution is -2.27. The molecule has 6 heteroatoms. The molecule has 1 aliphatic heterocycles. The molecule has 6 nitrogen and oxygen atoms in total. The van der Waals surface area contributed by atoms with Gasteiger partial charge in [0.15, 0.2) is 0 Å². The van der Waals surface area contributed by atoms with Crippen molar-refractivity contribution >= 4 is 24.1 Å². The summed E-state index contributed by atoms with van der Waals surface area (Å²) in [6, 6.07) is 7.47. The van der Waals surface area contributed by atoms with Crippen molar-refractivity contribution in [3.63, 3.8) is 0 Å². The molecule has 0 saturated carbocycles. The molecule has 0 spiro atoms. The van der Waals surface area contributed by atoms with Crippen LogP contribution in [0, 0.1) is 0 Å². The molecule has 0 saturated heterocycles. The first-order valence-corrected chi connectivity index (χ1v) is 5.40. The van der Waals surface area contributed by atoms with Crippen LogP contribution in [-0.2, 0) is 0 Å². The summed E-state index contributed by atoms with van der Waals surface area (Å²) in [5.74, 6) is 0. The van der Waals surface area contributed by atoms with Gasteiger partial charge in [0, 0.05) is 24.8 Å². The van der Waals surface area contributed by atoms with Crippen molar-refractivity contribution in [1.29, 1.82) is 0 Å². The predicted octanol–water partition coefficient (Wildman–Crippen LogP) is 1.69. The predicted molar refractivity (Wildman–Crippen MR) is 70.4 cm³/mol. The number of pyridine rings is 2. The van der Waals surface area contributed by atoms with Crippen LogP contribution in [0.5, 0.6) is 0 Å². The standard InChI is InChI=1S/C12H10N6/c1-5-13-6-2-11(1)17-9-16-18(10-15-17)12-3-7-14-8-4-12/h1-10H. The first-order chi connectivity index (χ1) is 8.93. The largest absolute Gasteiger partial charge is 0.265 e. The Morgan fingerprint density at radius 3 is 1.33 bits per heavy atom. The first-order valence-electron chi connectivity index (χ1n) is 5.40. The molecule has 88 valence electrons. The van der Waals surface area contributed by atoms with E-state index in [4.69, 9.17) is 0 Å². The summed E-state index contributed by atoms with van der Waals surface area (Å²) in [6.45, 7) is 0. The monoisotopic (exact) mass is 238 g/mol. The maximum absolute atomic E-state index is 4.29. The molecule has 1 aliphatic rings. The first kappa shape index (κ1) is 10.4. The van der Waals surface area contributed by atoms with Gasteiger partial charge in [-0.2, -0.15) is 10.2 Å². The quantitative estimate of drug-likeness (QED) is 0.798. The second-order valence-corrected chi connectivity index (χ2v) is 3.56. The second kappa shape index (κ2) is 4.62. The van der Waals surface area contributed by atoms with E-state index in [-0.39, 0.29) is 0 Å². The zero-order valence-electron chi connectivity index (χ0n) is 9.46. The number of aromatic nitrogens is 2. The van der Waals surface area contributed by atoms with E-state index < -0.39 is 0 Å². The molecule has 0 fully saturated rings. The molecule has 0 radical (unpaired) electrons. The Bertz CT molecular complexity index is 500. The van der Waals surface area contributed by atoms with Gasteiger partial charge in [0.05, 0.1) is 11.4 Å². The molecule has 0 N–H and O–H groups in total. The molecule has 0 amide bonds. The van der Waals surface area contributed by atoms with Gasteiger partial charge in [-0.15, -0.1) is 0 Å². The fourth-order valence-electron chi connectivity index (χ4n) is 1.53. The molecular formula is C12H10N6. The zero-order chi connectivity index (χ0) is 12.2. The molecule has 18 heavy (non-hydrogen) atoms. The van der Waals surface area contributed by atoms with Crippen LogP contribution >= 0.6 is 0 Å². The van der Waals surface area contributed by atoms with Gasteiger partial charge in [-0.25, -0.2) is 10.0 Å². The lowest BCUT2D eigenvalue weighted by atomic mass is 10.4. The molecule has 0 aliphatic carbocycles. The number of hydrogen-bond acceptors (Lipinski definition) is 6. The summed E-state index contributed by atoms with van der Waals surface area (Å²) in [5.41, 5.74) is 1.83. The highest BCUT2D eigenvalue weighted by Gasteiger charge is 2.09. The van der Waals surface area contributed by atoms with Crippen molar-refractivity contribution < 1.29 is 0 Å². The summed E-state index contributed by atoms with van der Waals surface area (Å²) in [5, 5.41) is 11.9. The third-order valence-electron chi connectivity index (χ3n) is 2.43. The van der Waals surface area contributed by atoms with E-state index in [0.717, 1.165) is 11.4 Å².